The molecular formula is C21H23N5O5S2. The summed E-state index contributed by atoms with van der Waals surface area (Å²) in [6.07, 6.45) is 5.26. The zero-order chi connectivity index (χ0) is 23.8. The highest BCUT2D eigenvalue weighted by Crippen LogP contribution is 2.30. The Morgan fingerprint density at radius 2 is 2.09 bits per heavy atom. The van der Waals surface area contributed by atoms with Crippen LogP contribution in [0.15, 0.2) is 52.9 Å². The lowest BCUT2D eigenvalue weighted by atomic mass is 10.1. The summed E-state index contributed by atoms with van der Waals surface area (Å²) >= 11 is 1.08. The van der Waals surface area contributed by atoms with Gasteiger partial charge in [0.2, 0.25) is 5.91 Å². The summed E-state index contributed by atoms with van der Waals surface area (Å²) in [4.78, 5) is 15.0. The molecule has 1 fully saturated rings. The smallest absolute Gasteiger partial charge is 0.250 e. The van der Waals surface area contributed by atoms with E-state index in [1.807, 2.05) is 0 Å². The van der Waals surface area contributed by atoms with Gasteiger partial charge in [0.15, 0.2) is 0 Å². The number of hydroxylamine groups is 2. The fourth-order valence-electron chi connectivity index (χ4n) is 3.63. The number of likely N-dealkylation sites (tertiary alicyclic amines) is 1. The van der Waals surface area contributed by atoms with Crippen molar-refractivity contribution in [3.8, 4) is 5.75 Å². The van der Waals surface area contributed by atoms with Crippen molar-refractivity contribution in [3.63, 3.8) is 0 Å². The maximum atomic E-state index is 12.9. The number of hydrogen-bond acceptors (Lipinski definition) is 8. The first-order valence-corrected chi connectivity index (χ1v) is 12.4. The van der Waals surface area contributed by atoms with E-state index in [4.69, 9.17) is 11.1 Å². The zero-order valence-corrected chi connectivity index (χ0v) is 19.1. The quantitative estimate of drug-likeness (QED) is 0.290. The first-order valence-electron chi connectivity index (χ1n) is 10.1. The molecule has 1 aromatic heterocycles. The number of carbonyl (C=O) groups is 1. The lowest BCUT2D eigenvalue weighted by molar-refractivity contribution is -0.129. The van der Waals surface area contributed by atoms with Crippen molar-refractivity contribution in [2.45, 2.75) is 23.2 Å². The fraction of sp³-hybridized carbons (Fsp3) is 0.238. The van der Waals surface area contributed by atoms with Crippen molar-refractivity contribution in [2.24, 2.45) is 5.73 Å². The molecule has 0 unspecified atom stereocenters. The van der Waals surface area contributed by atoms with Gasteiger partial charge in [-0.3, -0.25) is 20.5 Å². The number of benzene rings is 1. The van der Waals surface area contributed by atoms with Crippen LogP contribution in [0.3, 0.4) is 0 Å². The second-order valence-corrected chi connectivity index (χ2v) is 10.7. The number of amides is 1. The third kappa shape index (κ3) is 4.93. The highest BCUT2D eigenvalue weighted by Gasteiger charge is 2.35. The molecule has 2 aliphatic rings. The zero-order valence-electron chi connectivity index (χ0n) is 17.4. The summed E-state index contributed by atoms with van der Waals surface area (Å²) in [6.45, 7) is 0.706. The fourth-order valence-corrected chi connectivity index (χ4v) is 6.19. The summed E-state index contributed by atoms with van der Waals surface area (Å²) in [5.74, 6) is -0.569. The average molecular weight is 490 g/mol. The molecule has 12 heteroatoms. The van der Waals surface area contributed by atoms with Crippen molar-refractivity contribution in [1.82, 2.24) is 14.7 Å². The number of thiophene rings is 1. The number of nitrogens with one attached hydrogen (secondary N) is 2. The van der Waals surface area contributed by atoms with Crippen LogP contribution < -0.4 is 10.5 Å². The Balaban J connectivity index is 1.44. The molecule has 3 heterocycles. The number of hydrogen-bond donors (Lipinski definition) is 5. The van der Waals surface area contributed by atoms with Gasteiger partial charge in [-0.1, -0.05) is 6.08 Å². The van der Waals surface area contributed by atoms with E-state index in [0.717, 1.165) is 26.9 Å². The normalized spacial score (nSPS) is 18.6. The summed E-state index contributed by atoms with van der Waals surface area (Å²) < 4.78 is 28.4. The van der Waals surface area contributed by atoms with Gasteiger partial charge < -0.3 is 15.7 Å². The van der Waals surface area contributed by atoms with Gasteiger partial charge in [-0.25, -0.2) is 8.42 Å². The maximum Gasteiger partial charge on any atom is 0.250 e. The van der Waals surface area contributed by atoms with Crippen molar-refractivity contribution in [1.29, 1.82) is 5.41 Å². The second-order valence-electron chi connectivity index (χ2n) is 7.70. The van der Waals surface area contributed by atoms with Gasteiger partial charge in [0.25, 0.3) is 10.0 Å². The van der Waals surface area contributed by atoms with Gasteiger partial charge in [-0.05, 0) is 48.4 Å². The van der Waals surface area contributed by atoms with E-state index in [-0.39, 0.29) is 28.2 Å². The number of nitrogen functional groups attached to an aromatic ring is 1. The van der Waals surface area contributed by atoms with E-state index in [2.05, 4.69) is 4.72 Å². The van der Waals surface area contributed by atoms with Crippen LogP contribution in [-0.2, 0) is 21.4 Å². The molecule has 0 aliphatic carbocycles. The average Bonchev–Trinajstić information content (AvgIpc) is 3.39. The maximum absolute atomic E-state index is 12.9. The molecule has 174 valence electrons. The summed E-state index contributed by atoms with van der Waals surface area (Å²) in [5.41, 5.74) is 7.16. The molecule has 6 N–H and O–H groups in total. The van der Waals surface area contributed by atoms with Crippen molar-refractivity contribution >= 4 is 38.7 Å². The number of carbonyl (C=O) groups excluding carboxylic acids is 1. The van der Waals surface area contributed by atoms with Crippen LogP contribution >= 0.6 is 11.3 Å². The SMILES string of the molecule is N=C(N)c1ccc(O)c(CN2CC[C@H](NS(=O)(=O)c3ccc(C4=CCN(O)C=C4)s3)C2=O)c1. The lowest BCUT2D eigenvalue weighted by Gasteiger charge is -2.18. The second kappa shape index (κ2) is 8.98. The molecule has 4 rings (SSSR count). The van der Waals surface area contributed by atoms with E-state index in [0.29, 0.717) is 30.6 Å². The van der Waals surface area contributed by atoms with E-state index in [9.17, 15) is 23.5 Å². The van der Waals surface area contributed by atoms with Gasteiger partial charge in [-0.2, -0.15) is 4.72 Å². The van der Waals surface area contributed by atoms with E-state index < -0.39 is 16.1 Å². The highest BCUT2D eigenvalue weighted by atomic mass is 32.2. The Bertz CT molecular complexity index is 1270. The Morgan fingerprint density at radius 1 is 1.30 bits per heavy atom. The molecule has 0 bridgehead atoms. The number of phenolic OH excluding ortho intramolecular Hbond substituents is 1. The Hall–Kier alpha value is -3.19. The van der Waals surface area contributed by atoms with Crippen molar-refractivity contribution in [3.05, 3.63) is 64.7 Å². The van der Waals surface area contributed by atoms with E-state index >= 15 is 0 Å². The molecule has 1 aromatic carbocycles. The molecule has 2 aromatic rings. The Labute approximate surface area is 194 Å². The minimum absolute atomic E-state index is 0.0293. The van der Waals surface area contributed by atoms with Gasteiger partial charge >= 0.3 is 0 Å². The number of aromatic hydroxyl groups is 1. The van der Waals surface area contributed by atoms with Gasteiger partial charge in [0.05, 0.1) is 6.54 Å². The summed E-state index contributed by atoms with van der Waals surface area (Å²) in [7, 11) is -3.91. The van der Waals surface area contributed by atoms with Crippen LogP contribution in [0.1, 0.15) is 22.4 Å². The van der Waals surface area contributed by atoms with Crippen LogP contribution in [0.2, 0.25) is 0 Å². The number of nitrogens with zero attached hydrogens (tertiary/aromatic N) is 2. The molecule has 10 nitrogen and oxygen atoms in total. The van der Waals surface area contributed by atoms with Crippen LogP contribution in [0.25, 0.3) is 5.57 Å². The Kier molecular flexibility index (Phi) is 6.26. The first kappa shape index (κ1) is 23.0. The number of nitrogens with two attached hydrogens (primary N) is 1. The van der Waals surface area contributed by atoms with Crippen molar-refractivity contribution < 1.29 is 23.5 Å². The molecule has 0 radical (unpaired) electrons. The predicted octanol–water partition coefficient (Wildman–Crippen LogP) is 1.42. The number of amidine groups is 1. The van der Waals surface area contributed by atoms with Crippen LogP contribution in [0, 0.1) is 5.41 Å². The third-order valence-electron chi connectivity index (χ3n) is 5.40. The number of allylic oxidation sites excluding steroid dienone is 2. The van der Waals surface area contributed by atoms with Crippen LogP contribution in [0.4, 0.5) is 0 Å². The summed E-state index contributed by atoms with van der Waals surface area (Å²) in [6, 6.07) is 6.74. The molecule has 1 amide bonds. The largest absolute Gasteiger partial charge is 0.508 e. The minimum atomic E-state index is -3.91. The molecule has 1 saturated heterocycles. The number of phenols is 1. The summed E-state index contributed by atoms with van der Waals surface area (Å²) in [5, 5.41) is 28.1. The minimum Gasteiger partial charge on any atom is -0.508 e. The lowest BCUT2D eigenvalue weighted by Crippen LogP contribution is -2.41. The molecule has 1 atom stereocenters. The van der Waals surface area contributed by atoms with Crippen LogP contribution in [-0.4, -0.2) is 59.6 Å². The van der Waals surface area contributed by atoms with E-state index in [1.54, 1.807) is 24.3 Å². The van der Waals surface area contributed by atoms with Gasteiger partial charge in [0.1, 0.15) is 21.8 Å². The predicted molar refractivity (Wildman–Crippen MR) is 123 cm³/mol. The molecule has 2 aliphatic heterocycles. The van der Waals surface area contributed by atoms with Crippen LogP contribution in [0.5, 0.6) is 5.75 Å². The standard InChI is InChI=1S/C21H23N5O5S2/c22-20(23)14-1-2-17(27)15(11-14)12-25-8-7-16(21(25)28)24-33(30,31)19-4-3-18(32-19)13-5-9-26(29)10-6-13/h1-6,9,11,16,24,27,29H,7-8,10,12H2,(H3,22,23)/t16-/m0/s1. The molecular weight excluding hydrogens is 466 g/mol. The first-order chi connectivity index (χ1) is 15.6. The third-order valence-corrected chi connectivity index (χ3v) is 8.50. The van der Waals surface area contributed by atoms with Gasteiger partial charge in [-0.15, -0.1) is 11.3 Å². The molecule has 33 heavy (non-hydrogen) atoms. The van der Waals surface area contributed by atoms with E-state index in [1.165, 1.54) is 29.3 Å². The Morgan fingerprint density at radius 3 is 2.79 bits per heavy atom. The molecule has 0 spiro atoms. The molecule has 0 saturated carbocycles. The topological polar surface area (TPSA) is 160 Å². The van der Waals surface area contributed by atoms with Crippen molar-refractivity contribution in [2.75, 3.05) is 13.1 Å². The monoisotopic (exact) mass is 489 g/mol. The highest BCUT2D eigenvalue weighted by molar-refractivity contribution is 7.91. The number of rotatable bonds is 7. The number of sulfonamides is 1. The van der Waals surface area contributed by atoms with Gasteiger partial charge in [0, 0.05) is 35.3 Å².